The molecule has 176 valence electrons. The van der Waals surface area contributed by atoms with Gasteiger partial charge in [0.15, 0.2) is 0 Å². The zero-order valence-electron chi connectivity index (χ0n) is 22.1. The maximum Gasteiger partial charge on any atom is 0.0244 e. The first-order valence-electron chi connectivity index (χ1n) is 13.0. The lowest BCUT2D eigenvalue weighted by atomic mass is 9.66. The lowest BCUT2D eigenvalue weighted by Gasteiger charge is -2.54. The molecule has 3 heterocycles. The first-order valence-corrected chi connectivity index (χ1v) is 13.0. The van der Waals surface area contributed by atoms with Crippen molar-refractivity contribution < 1.29 is 0 Å². The summed E-state index contributed by atoms with van der Waals surface area (Å²) in [4.78, 5) is 8.39. The van der Waals surface area contributed by atoms with Crippen molar-refractivity contribution in [1.82, 2.24) is 14.7 Å². The summed E-state index contributed by atoms with van der Waals surface area (Å²) in [5.74, 6) is 0.848. The minimum absolute atomic E-state index is 0.274. The molecule has 0 N–H and O–H groups in total. The summed E-state index contributed by atoms with van der Waals surface area (Å²) in [5, 5.41) is 0. The monoisotopic (exact) mass is 419 g/mol. The van der Waals surface area contributed by atoms with Crippen LogP contribution in [0.5, 0.6) is 0 Å². The van der Waals surface area contributed by atoms with Gasteiger partial charge in [-0.25, -0.2) is 0 Å². The highest BCUT2D eigenvalue weighted by atomic mass is 15.4. The Kier molecular flexibility index (Phi) is 6.82. The van der Waals surface area contributed by atoms with Gasteiger partial charge in [0.1, 0.15) is 0 Å². The Balaban J connectivity index is 1.59. The third-order valence-electron chi connectivity index (χ3n) is 10.4. The average Bonchev–Trinajstić information content (AvgIpc) is 3.28. The number of nitrogens with zero attached hydrogens (tertiary/aromatic N) is 3. The van der Waals surface area contributed by atoms with Gasteiger partial charge in [-0.2, -0.15) is 0 Å². The fourth-order valence-electron chi connectivity index (χ4n) is 7.32. The van der Waals surface area contributed by atoms with E-state index in [-0.39, 0.29) is 5.54 Å². The third-order valence-corrected chi connectivity index (χ3v) is 10.4. The quantitative estimate of drug-likeness (QED) is 0.486. The number of likely N-dealkylation sites (tertiary alicyclic amines) is 3. The van der Waals surface area contributed by atoms with Crippen molar-refractivity contribution in [2.45, 2.75) is 125 Å². The number of hydrogen-bond donors (Lipinski definition) is 0. The Hall–Kier alpha value is -0.120. The zero-order valence-corrected chi connectivity index (χ0v) is 22.1. The van der Waals surface area contributed by atoms with Gasteiger partial charge in [-0.1, -0.05) is 41.5 Å². The van der Waals surface area contributed by atoms with Crippen molar-refractivity contribution in [1.29, 1.82) is 0 Å². The van der Waals surface area contributed by atoms with Gasteiger partial charge >= 0.3 is 0 Å². The molecule has 2 bridgehead atoms. The van der Waals surface area contributed by atoms with Crippen LogP contribution in [0.2, 0.25) is 0 Å². The van der Waals surface area contributed by atoms with Crippen LogP contribution < -0.4 is 0 Å². The van der Waals surface area contributed by atoms with Gasteiger partial charge in [-0.05, 0) is 96.2 Å². The molecule has 0 radical (unpaired) electrons. The van der Waals surface area contributed by atoms with Crippen LogP contribution in [0.1, 0.15) is 101 Å². The maximum absolute atomic E-state index is 2.88. The van der Waals surface area contributed by atoms with Crippen LogP contribution in [0, 0.1) is 16.7 Å². The van der Waals surface area contributed by atoms with Crippen LogP contribution in [0.25, 0.3) is 0 Å². The summed E-state index contributed by atoms with van der Waals surface area (Å²) >= 11 is 0. The molecule has 0 aromatic rings. The summed E-state index contributed by atoms with van der Waals surface area (Å²) in [5.41, 5.74) is 1.35. The molecule has 30 heavy (non-hydrogen) atoms. The van der Waals surface area contributed by atoms with E-state index in [9.17, 15) is 0 Å². The van der Waals surface area contributed by atoms with Gasteiger partial charge < -0.3 is 0 Å². The fourth-order valence-corrected chi connectivity index (χ4v) is 7.32. The summed E-state index contributed by atoms with van der Waals surface area (Å²) < 4.78 is 0. The van der Waals surface area contributed by atoms with Crippen LogP contribution in [-0.4, -0.2) is 70.6 Å². The molecular weight excluding hydrogens is 366 g/mol. The molecule has 3 saturated heterocycles. The molecule has 3 heteroatoms. The lowest BCUT2D eigenvalue weighted by Crippen LogP contribution is -2.58. The number of likely N-dealkylation sites (N-methyl/N-ethyl adjacent to an activating group) is 1. The Morgan fingerprint density at radius 3 is 1.87 bits per heavy atom. The first kappa shape index (κ1) is 24.5. The fraction of sp³-hybridized carbons (Fsp3) is 1.00. The van der Waals surface area contributed by atoms with Crippen molar-refractivity contribution in [3.05, 3.63) is 0 Å². The van der Waals surface area contributed by atoms with E-state index in [4.69, 9.17) is 0 Å². The topological polar surface area (TPSA) is 9.72 Å². The molecule has 3 aliphatic rings. The SMILES string of the molecule is CCN1C[C@@H]2C[C@H]1CN2C(C)(C)CC(C)(C)C1CCN(C(C)(C)C(C)(C)CC)CC1. The second kappa shape index (κ2) is 8.34. The smallest absolute Gasteiger partial charge is 0.0244 e. The van der Waals surface area contributed by atoms with Crippen molar-refractivity contribution in [3.8, 4) is 0 Å². The Labute approximate surface area is 188 Å². The molecule has 0 amide bonds. The molecule has 0 spiro atoms. The number of piperidine rings is 1. The van der Waals surface area contributed by atoms with E-state index in [1.54, 1.807) is 0 Å². The van der Waals surface area contributed by atoms with Gasteiger partial charge in [0.2, 0.25) is 0 Å². The Bertz CT molecular complexity index is 583. The van der Waals surface area contributed by atoms with Crippen LogP contribution in [-0.2, 0) is 0 Å². The Morgan fingerprint density at radius 2 is 1.40 bits per heavy atom. The molecule has 3 aliphatic heterocycles. The summed E-state index contributed by atoms with van der Waals surface area (Å²) in [7, 11) is 0. The largest absolute Gasteiger partial charge is 0.298 e. The van der Waals surface area contributed by atoms with E-state index < -0.39 is 0 Å². The van der Waals surface area contributed by atoms with E-state index in [1.807, 2.05) is 0 Å². The van der Waals surface area contributed by atoms with Crippen molar-refractivity contribution in [3.63, 3.8) is 0 Å². The molecule has 3 nitrogen and oxygen atoms in total. The van der Waals surface area contributed by atoms with Gasteiger partial charge in [0, 0.05) is 36.3 Å². The molecule has 0 saturated carbocycles. The molecule has 0 aliphatic carbocycles. The Morgan fingerprint density at radius 1 is 0.800 bits per heavy atom. The standard InChI is InChI=1S/C27H53N3/c1-11-25(5,6)27(9,10)29-15-13-21(14-16-29)24(3,4)20-26(7,8)30-19-22-17-23(30)18-28(22)12-2/h21-23H,11-20H2,1-10H3/t22-,23-/m0/s1. The van der Waals surface area contributed by atoms with Crippen molar-refractivity contribution >= 4 is 0 Å². The normalized spacial score (nSPS) is 28.6. The number of rotatable bonds is 8. The molecular formula is C27H53N3. The van der Waals surface area contributed by atoms with Crippen molar-refractivity contribution in [2.24, 2.45) is 16.7 Å². The van der Waals surface area contributed by atoms with Crippen LogP contribution in [0.3, 0.4) is 0 Å². The molecule has 2 atom stereocenters. The van der Waals surface area contributed by atoms with E-state index in [0.717, 1.165) is 18.0 Å². The van der Waals surface area contributed by atoms with Crippen LogP contribution in [0.4, 0.5) is 0 Å². The molecule has 0 aromatic heterocycles. The average molecular weight is 420 g/mol. The van der Waals surface area contributed by atoms with Gasteiger partial charge in [-0.15, -0.1) is 0 Å². The summed E-state index contributed by atoms with van der Waals surface area (Å²) in [6.07, 6.45) is 6.69. The summed E-state index contributed by atoms with van der Waals surface area (Å²) in [6.45, 7) is 31.1. The van der Waals surface area contributed by atoms with E-state index in [1.165, 1.54) is 64.8 Å². The summed E-state index contributed by atoms with van der Waals surface area (Å²) in [6, 6.07) is 1.61. The number of fused-ring (bicyclic) bond motifs is 2. The third kappa shape index (κ3) is 4.37. The van der Waals surface area contributed by atoms with E-state index in [0.29, 0.717) is 16.4 Å². The number of hydrogen-bond acceptors (Lipinski definition) is 3. The molecule has 0 unspecified atom stereocenters. The minimum atomic E-state index is 0.274. The first-order chi connectivity index (χ1) is 13.7. The van der Waals surface area contributed by atoms with Crippen LogP contribution >= 0.6 is 0 Å². The predicted molar refractivity (Wildman–Crippen MR) is 131 cm³/mol. The highest BCUT2D eigenvalue weighted by Crippen LogP contribution is 2.47. The highest BCUT2D eigenvalue weighted by Gasteiger charge is 2.50. The molecule has 0 aromatic carbocycles. The van der Waals surface area contributed by atoms with Gasteiger partial charge in [-0.3, -0.25) is 14.7 Å². The van der Waals surface area contributed by atoms with Gasteiger partial charge in [0.05, 0.1) is 0 Å². The second-order valence-corrected chi connectivity index (χ2v) is 13.3. The maximum atomic E-state index is 2.88. The predicted octanol–water partition coefficient (Wildman–Crippen LogP) is 5.89. The van der Waals surface area contributed by atoms with Gasteiger partial charge in [0.25, 0.3) is 0 Å². The number of piperazine rings is 1. The van der Waals surface area contributed by atoms with Crippen LogP contribution in [0.15, 0.2) is 0 Å². The molecule has 3 fully saturated rings. The highest BCUT2D eigenvalue weighted by molar-refractivity contribution is 5.06. The lowest BCUT2D eigenvalue weighted by molar-refractivity contribution is -0.0412. The van der Waals surface area contributed by atoms with Crippen molar-refractivity contribution in [2.75, 3.05) is 32.7 Å². The second-order valence-electron chi connectivity index (χ2n) is 13.3. The van der Waals surface area contributed by atoms with E-state index in [2.05, 4.69) is 83.9 Å². The van der Waals surface area contributed by atoms with E-state index >= 15 is 0 Å². The zero-order chi connectivity index (χ0) is 22.5. The minimum Gasteiger partial charge on any atom is -0.298 e. The molecule has 3 rings (SSSR count).